The van der Waals surface area contributed by atoms with Crippen LogP contribution in [-0.2, 0) is 9.53 Å². The molecule has 1 amide bonds. The molecule has 1 unspecified atom stereocenters. The van der Waals surface area contributed by atoms with Gasteiger partial charge in [0, 0.05) is 6.54 Å². The quantitative estimate of drug-likeness (QED) is 0.759. The lowest BCUT2D eigenvalue weighted by molar-refractivity contribution is -0.144. The Hall–Kier alpha value is -1.30. The molecular formula is C11H21NO5. The van der Waals surface area contributed by atoms with Crippen LogP contribution in [0.25, 0.3) is 0 Å². The Morgan fingerprint density at radius 1 is 1.35 bits per heavy atom. The second kappa shape index (κ2) is 6.44. The largest absolute Gasteiger partial charge is 0.480 e. The minimum Gasteiger partial charge on any atom is -0.480 e. The number of amides is 1. The van der Waals surface area contributed by atoms with E-state index >= 15 is 0 Å². The van der Waals surface area contributed by atoms with Gasteiger partial charge in [-0.05, 0) is 27.2 Å². The van der Waals surface area contributed by atoms with Crippen molar-refractivity contribution in [1.29, 1.82) is 0 Å². The molecule has 0 spiro atoms. The van der Waals surface area contributed by atoms with Crippen molar-refractivity contribution < 1.29 is 24.5 Å². The molecule has 6 heteroatoms. The zero-order valence-electron chi connectivity index (χ0n) is 10.8. The Balaban J connectivity index is 4.82. The van der Waals surface area contributed by atoms with Crippen molar-refractivity contribution in [1.82, 2.24) is 4.90 Å². The SMILES string of the molecule is CCCN(C(=O)OC(C)(C)C)C(CO)C(=O)O. The first-order valence-corrected chi connectivity index (χ1v) is 5.56. The molecule has 0 aromatic carbocycles. The normalized spacial score (nSPS) is 13.0. The van der Waals surface area contributed by atoms with E-state index in [1.54, 1.807) is 20.8 Å². The highest BCUT2D eigenvalue weighted by molar-refractivity contribution is 5.80. The van der Waals surface area contributed by atoms with Crippen LogP contribution < -0.4 is 0 Å². The fourth-order valence-electron chi connectivity index (χ4n) is 1.25. The van der Waals surface area contributed by atoms with Crippen molar-refractivity contribution in [3.63, 3.8) is 0 Å². The summed E-state index contributed by atoms with van der Waals surface area (Å²) in [5.74, 6) is -1.24. The average Bonchev–Trinajstić information content (AvgIpc) is 2.14. The molecule has 0 heterocycles. The van der Waals surface area contributed by atoms with Crippen LogP contribution in [0.4, 0.5) is 4.79 Å². The third kappa shape index (κ3) is 5.53. The Labute approximate surface area is 101 Å². The summed E-state index contributed by atoms with van der Waals surface area (Å²) in [5, 5.41) is 17.9. The number of aliphatic hydroxyl groups excluding tert-OH is 1. The summed E-state index contributed by atoms with van der Waals surface area (Å²) in [6, 6.07) is -1.26. The molecule has 1 atom stereocenters. The lowest BCUT2D eigenvalue weighted by Crippen LogP contribution is -2.49. The van der Waals surface area contributed by atoms with E-state index in [9.17, 15) is 9.59 Å². The van der Waals surface area contributed by atoms with Gasteiger partial charge in [-0.2, -0.15) is 0 Å². The summed E-state index contributed by atoms with van der Waals surface area (Å²) in [6.45, 7) is 6.51. The summed E-state index contributed by atoms with van der Waals surface area (Å²) < 4.78 is 5.10. The van der Waals surface area contributed by atoms with Crippen molar-refractivity contribution in [2.75, 3.05) is 13.2 Å². The molecule has 0 aliphatic carbocycles. The van der Waals surface area contributed by atoms with Crippen LogP contribution in [0.15, 0.2) is 0 Å². The number of aliphatic hydroxyl groups is 1. The Kier molecular flexibility index (Phi) is 5.95. The summed E-state index contributed by atoms with van der Waals surface area (Å²) >= 11 is 0. The highest BCUT2D eigenvalue weighted by atomic mass is 16.6. The number of rotatable bonds is 5. The predicted molar refractivity (Wildman–Crippen MR) is 61.7 cm³/mol. The van der Waals surface area contributed by atoms with E-state index < -0.39 is 30.3 Å². The number of hydrogen-bond donors (Lipinski definition) is 2. The second-order valence-electron chi connectivity index (χ2n) is 4.71. The maximum atomic E-state index is 11.8. The number of nitrogens with zero attached hydrogens (tertiary/aromatic N) is 1. The fourth-order valence-corrected chi connectivity index (χ4v) is 1.25. The lowest BCUT2D eigenvalue weighted by Gasteiger charge is -2.30. The van der Waals surface area contributed by atoms with Gasteiger partial charge < -0.3 is 14.9 Å². The molecule has 0 radical (unpaired) electrons. The maximum Gasteiger partial charge on any atom is 0.411 e. The molecule has 0 aliphatic rings. The molecule has 0 saturated heterocycles. The zero-order valence-corrected chi connectivity index (χ0v) is 10.8. The number of carbonyl (C=O) groups is 2. The van der Waals surface area contributed by atoms with Gasteiger partial charge in [0.05, 0.1) is 6.61 Å². The number of aliphatic carboxylic acids is 1. The molecule has 0 bridgehead atoms. The molecule has 0 aliphatic heterocycles. The highest BCUT2D eigenvalue weighted by Gasteiger charge is 2.31. The summed E-state index contributed by atoms with van der Waals surface area (Å²) in [5.41, 5.74) is -0.693. The van der Waals surface area contributed by atoms with E-state index in [2.05, 4.69) is 0 Å². The fraction of sp³-hybridized carbons (Fsp3) is 0.818. The summed E-state index contributed by atoms with van der Waals surface area (Å²) in [7, 11) is 0. The van der Waals surface area contributed by atoms with E-state index in [1.165, 1.54) is 0 Å². The minimum atomic E-state index is -1.26. The molecule has 0 rings (SSSR count). The zero-order chi connectivity index (χ0) is 13.6. The van der Waals surface area contributed by atoms with Crippen LogP contribution in [0, 0.1) is 0 Å². The van der Waals surface area contributed by atoms with E-state index in [0.29, 0.717) is 6.42 Å². The third-order valence-electron chi connectivity index (χ3n) is 1.93. The van der Waals surface area contributed by atoms with Gasteiger partial charge in [0.15, 0.2) is 6.04 Å². The van der Waals surface area contributed by atoms with Gasteiger partial charge in [0.2, 0.25) is 0 Å². The highest BCUT2D eigenvalue weighted by Crippen LogP contribution is 2.12. The van der Waals surface area contributed by atoms with Crippen LogP contribution in [-0.4, -0.2) is 52.0 Å². The van der Waals surface area contributed by atoms with Gasteiger partial charge in [-0.1, -0.05) is 6.92 Å². The smallest absolute Gasteiger partial charge is 0.411 e. The first-order valence-electron chi connectivity index (χ1n) is 5.56. The van der Waals surface area contributed by atoms with Crippen LogP contribution in [0.2, 0.25) is 0 Å². The molecule has 17 heavy (non-hydrogen) atoms. The van der Waals surface area contributed by atoms with Gasteiger partial charge in [0.25, 0.3) is 0 Å². The minimum absolute atomic E-state index is 0.229. The van der Waals surface area contributed by atoms with Crippen LogP contribution >= 0.6 is 0 Å². The summed E-state index contributed by atoms with van der Waals surface area (Å²) in [6.07, 6.45) is -0.135. The first kappa shape index (κ1) is 15.7. The molecule has 100 valence electrons. The molecule has 0 aromatic heterocycles. The number of carboxylic acid groups (broad SMARTS) is 1. The van der Waals surface area contributed by atoms with Crippen LogP contribution in [0.5, 0.6) is 0 Å². The monoisotopic (exact) mass is 247 g/mol. The molecule has 0 fully saturated rings. The Bertz CT molecular complexity index is 272. The van der Waals surface area contributed by atoms with E-state index in [-0.39, 0.29) is 6.54 Å². The van der Waals surface area contributed by atoms with Gasteiger partial charge in [-0.3, -0.25) is 4.90 Å². The number of ether oxygens (including phenoxy) is 1. The van der Waals surface area contributed by atoms with E-state index in [4.69, 9.17) is 14.9 Å². The van der Waals surface area contributed by atoms with Crippen LogP contribution in [0.1, 0.15) is 34.1 Å². The number of carbonyl (C=O) groups excluding carboxylic acids is 1. The van der Waals surface area contributed by atoms with E-state index in [1.807, 2.05) is 6.92 Å². The average molecular weight is 247 g/mol. The topological polar surface area (TPSA) is 87.1 Å². The Morgan fingerprint density at radius 2 is 1.88 bits per heavy atom. The van der Waals surface area contributed by atoms with Gasteiger partial charge in [-0.25, -0.2) is 9.59 Å². The molecule has 6 nitrogen and oxygen atoms in total. The number of hydrogen-bond acceptors (Lipinski definition) is 4. The number of carboxylic acids is 1. The van der Waals surface area contributed by atoms with Crippen LogP contribution in [0.3, 0.4) is 0 Å². The van der Waals surface area contributed by atoms with Crippen molar-refractivity contribution in [3.05, 3.63) is 0 Å². The predicted octanol–water partition coefficient (Wildman–Crippen LogP) is 1.08. The molecular weight excluding hydrogens is 226 g/mol. The van der Waals surface area contributed by atoms with Gasteiger partial charge in [0.1, 0.15) is 5.60 Å². The second-order valence-corrected chi connectivity index (χ2v) is 4.71. The Morgan fingerprint density at radius 3 is 2.18 bits per heavy atom. The third-order valence-corrected chi connectivity index (χ3v) is 1.93. The lowest BCUT2D eigenvalue weighted by atomic mass is 10.2. The first-order chi connectivity index (χ1) is 7.72. The standard InChI is InChI=1S/C11H21NO5/c1-5-6-12(8(7-13)9(14)15)10(16)17-11(2,3)4/h8,13H,5-7H2,1-4H3,(H,14,15). The van der Waals surface area contributed by atoms with Gasteiger partial charge in [-0.15, -0.1) is 0 Å². The van der Waals surface area contributed by atoms with Crippen molar-refractivity contribution in [3.8, 4) is 0 Å². The van der Waals surface area contributed by atoms with Gasteiger partial charge >= 0.3 is 12.1 Å². The van der Waals surface area contributed by atoms with Crippen molar-refractivity contribution in [2.45, 2.75) is 45.8 Å². The maximum absolute atomic E-state index is 11.8. The van der Waals surface area contributed by atoms with Crippen molar-refractivity contribution >= 4 is 12.1 Å². The van der Waals surface area contributed by atoms with Crippen molar-refractivity contribution in [2.24, 2.45) is 0 Å². The molecule has 2 N–H and O–H groups in total. The molecule has 0 saturated carbocycles. The van der Waals surface area contributed by atoms with E-state index in [0.717, 1.165) is 4.90 Å². The summed E-state index contributed by atoms with van der Waals surface area (Å²) in [4.78, 5) is 23.7. The molecule has 0 aromatic rings.